The highest BCUT2D eigenvalue weighted by Gasteiger charge is 2.46. The van der Waals surface area contributed by atoms with Crippen LogP contribution >= 0.6 is 11.8 Å². The van der Waals surface area contributed by atoms with Gasteiger partial charge < -0.3 is 21.5 Å². The van der Waals surface area contributed by atoms with Crippen LogP contribution in [-0.2, 0) is 35.6 Å². The van der Waals surface area contributed by atoms with Crippen LogP contribution in [0.25, 0.3) is 0 Å². The Hall–Kier alpha value is -3.95. The number of carbonyl (C=O) groups excluding carboxylic acids is 3. The Balaban J connectivity index is 1.61. The minimum absolute atomic E-state index is 0.0306. The number of aliphatic carboxylic acids is 1. The number of sulfonamides is 1. The molecule has 42 heavy (non-hydrogen) atoms. The number of carboxylic acids is 1. The molecule has 0 saturated carbocycles. The van der Waals surface area contributed by atoms with E-state index in [0.29, 0.717) is 17.7 Å². The molecular weight excluding hydrogens is 584 g/mol. The third-order valence-electron chi connectivity index (χ3n) is 6.38. The van der Waals surface area contributed by atoms with Crippen LogP contribution in [0.4, 0.5) is 5.69 Å². The van der Waals surface area contributed by atoms with E-state index in [4.69, 9.17) is 11.1 Å². The van der Waals surface area contributed by atoms with Crippen LogP contribution in [-0.4, -0.2) is 70.7 Å². The second kappa shape index (κ2) is 14.8. The molecule has 1 unspecified atom stereocenters. The lowest BCUT2D eigenvalue weighted by Crippen LogP contribution is -2.53. The highest BCUT2D eigenvalue weighted by molar-refractivity contribution is 8.01. The van der Waals surface area contributed by atoms with Crippen LogP contribution in [0.3, 0.4) is 0 Å². The third-order valence-corrected chi connectivity index (χ3v) is 9.90. The standard InChI is InChI=1S/C27H34N6O7S2/c1-2-24-33(42(39,40)19-7-4-3-5-8-19)21(16-41-24)25(36)31-20(26(37)38)15-17-11-13-18(14-12-17)30-22(34)9-6-10-23(35)32-27(28)29/h3-5,7-8,11-14,20-21,24H,2,6,9-10,15-16H2,1H3,(H,30,34)(H,31,36)(H,37,38)(H4,28,29,32,35)/t20-,21-,24?/m0/s1. The molecular formula is C27H34N6O7S2. The van der Waals surface area contributed by atoms with Crippen molar-refractivity contribution in [3.63, 3.8) is 0 Å². The number of amides is 3. The van der Waals surface area contributed by atoms with Gasteiger partial charge in [-0.15, -0.1) is 11.8 Å². The van der Waals surface area contributed by atoms with Crippen LogP contribution < -0.4 is 21.7 Å². The SMILES string of the molecule is CCC1SC[C@@H](C(=O)N[C@@H](Cc2ccc(NC(=O)CCCC(=O)NC(=N)N)cc2)C(=O)O)N1S(=O)(=O)c1ccccc1. The molecule has 3 atom stereocenters. The van der Waals surface area contributed by atoms with Crippen molar-refractivity contribution in [3.8, 4) is 0 Å². The van der Waals surface area contributed by atoms with E-state index in [2.05, 4.69) is 16.0 Å². The van der Waals surface area contributed by atoms with Crippen LogP contribution in [0.1, 0.15) is 38.2 Å². The summed E-state index contributed by atoms with van der Waals surface area (Å²) in [5.74, 6) is -3.02. The maximum absolute atomic E-state index is 13.4. The molecule has 1 heterocycles. The second-order valence-corrected chi connectivity index (χ2v) is 12.6. The van der Waals surface area contributed by atoms with Crippen molar-refractivity contribution in [2.24, 2.45) is 5.73 Å². The van der Waals surface area contributed by atoms with Gasteiger partial charge in [0.2, 0.25) is 27.7 Å². The van der Waals surface area contributed by atoms with Gasteiger partial charge in [-0.3, -0.25) is 25.1 Å². The Morgan fingerprint density at radius 1 is 1.07 bits per heavy atom. The lowest BCUT2D eigenvalue weighted by molar-refractivity contribution is -0.142. The number of anilines is 1. The first-order valence-electron chi connectivity index (χ1n) is 13.2. The fourth-order valence-corrected chi connectivity index (χ4v) is 7.92. The molecule has 15 heteroatoms. The average molecular weight is 619 g/mol. The normalized spacial score (nSPS) is 17.6. The second-order valence-electron chi connectivity index (χ2n) is 9.52. The summed E-state index contributed by atoms with van der Waals surface area (Å²) < 4.78 is 28.0. The van der Waals surface area contributed by atoms with E-state index >= 15 is 0 Å². The Kier molecular flexibility index (Phi) is 11.5. The van der Waals surface area contributed by atoms with Gasteiger partial charge in [-0.1, -0.05) is 37.3 Å². The van der Waals surface area contributed by atoms with E-state index in [-0.39, 0.29) is 42.2 Å². The van der Waals surface area contributed by atoms with Gasteiger partial charge in [-0.2, -0.15) is 4.31 Å². The topological polar surface area (TPSA) is 212 Å². The lowest BCUT2D eigenvalue weighted by atomic mass is 10.0. The van der Waals surface area contributed by atoms with Crippen LogP contribution in [0.5, 0.6) is 0 Å². The zero-order chi connectivity index (χ0) is 30.9. The summed E-state index contributed by atoms with van der Waals surface area (Å²) in [4.78, 5) is 49.0. The number of hydrogen-bond acceptors (Lipinski definition) is 8. The van der Waals surface area contributed by atoms with Gasteiger partial charge in [-0.05, 0) is 42.7 Å². The van der Waals surface area contributed by atoms with Crippen molar-refractivity contribution in [2.75, 3.05) is 11.1 Å². The Labute approximate surface area is 248 Å². The van der Waals surface area contributed by atoms with E-state index in [0.717, 1.165) is 0 Å². The number of hydrogen-bond donors (Lipinski definition) is 6. The van der Waals surface area contributed by atoms with Crippen LogP contribution in [0, 0.1) is 5.41 Å². The summed E-state index contributed by atoms with van der Waals surface area (Å²) in [6, 6.07) is 11.8. The van der Waals surface area contributed by atoms with Gasteiger partial charge in [0.25, 0.3) is 0 Å². The first-order chi connectivity index (χ1) is 19.9. The molecule has 3 rings (SSSR count). The van der Waals surface area contributed by atoms with E-state index in [1.54, 1.807) is 42.5 Å². The van der Waals surface area contributed by atoms with E-state index in [9.17, 15) is 32.7 Å². The molecule has 3 amide bonds. The number of carboxylic acid groups (broad SMARTS) is 1. The number of nitrogens with one attached hydrogen (secondary N) is 4. The number of rotatable bonds is 13. The molecule has 13 nitrogen and oxygen atoms in total. The van der Waals surface area contributed by atoms with E-state index < -0.39 is 51.2 Å². The smallest absolute Gasteiger partial charge is 0.326 e. The largest absolute Gasteiger partial charge is 0.480 e. The third kappa shape index (κ3) is 8.77. The molecule has 0 spiro atoms. The number of thioether (sulfide) groups is 1. The maximum atomic E-state index is 13.4. The van der Waals surface area contributed by atoms with Gasteiger partial charge in [-0.25, -0.2) is 13.2 Å². The first kappa shape index (κ1) is 32.6. The Morgan fingerprint density at radius 2 is 1.71 bits per heavy atom. The van der Waals surface area contributed by atoms with E-state index in [1.165, 1.54) is 28.2 Å². The molecule has 2 aromatic rings. The Bertz CT molecular complexity index is 1400. The fourth-order valence-electron chi connectivity index (χ4n) is 4.35. The molecule has 0 aromatic heterocycles. The highest BCUT2D eigenvalue weighted by atomic mass is 32.2. The number of nitrogens with zero attached hydrogens (tertiary/aromatic N) is 1. The fraction of sp³-hybridized carbons (Fsp3) is 0.370. The molecule has 0 radical (unpaired) electrons. The molecule has 226 valence electrons. The maximum Gasteiger partial charge on any atom is 0.326 e. The molecule has 1 aliphatic heterocycles. The van der Waals surface area contributed by atoms with E-state index in [1.807, 2.05) is 6.92 Å². The monoisotopic (exact) mass is 618 g/mol. The van der Waals surface area contributed by atoms with Gasteiger partial charge in [0.15, 0.2) is 5.96 Å². The highest BCUT2D eigenvalue weighted by Crippen LogP contribution is 2.36. The molecule has 1 aliphatic rings. The minimum Gasteiger partial charge on any atom is -0.480 e. The molecule has 1 fully saturated rings. The molecule has 2 aromatic carbocycles. The molecule has 0 aliphatic carbocycles. The number of guanidine groups is 1. The lowest BCUT2D eigenvalue weighted by Gasteiger charge is -2.28. The molecule has 0 bridgehead atoms. The number of carbonyl (C=O) groups is 4. The van der Waals surface area contributed by atoms with Crippen molar-refractivity contribution in [3.05, 3.63) is 60.2 Å². The van der Waals surface area contributed by atoms with Gasteiger partial charge in [0.1, 0.15) is 12.1 Å². The van der Waals surface area contributed by atoms with Crippen LogP contribution in [0.15, 0.2) is 59.5 Å². The van der Waals surface area contributed by atoms with Crippen molar-refractivity contribution < 1.29 is 32.7 Å². The average Bonchev–Trinajstić information content (AvgIpc) is 3.39. The zero-order valence-electron chi connectivity index (χ0n) is 22.9. The quantitative estimate of drug-likeness (QED) is 0.141. The van der Waals surface area contributed by atoms with Crippen molar-refractivity contribution in [1.29, 1.82) is 5.41 Å². The molecule has 1 saturated heterocycles. The van der Waals surface area contributed by atoms with Gasteiger partial charge in [0.05, 0.1) is 10.3 Å². The first-order valence-corrected chi connectivity index (χ1v) is 15.7. The zero-order valence-corrected chi connectivity index (χ0v) is 24.5. The minimum atomic E-state index is -4.00. The summed E-state index contributed by atoms with van der Waals surface area (Å²) in [5, 5.41) is 23.7. The number of benzene rings is 2. The Morgan fingerprint density at radius 3 is 2.31 bits per heavy atom. The van der Waals surface area contributed by atoms with Crippen molar-refractivity contribution in [1.82, 2.24) is 14.9 Å². The summed E-state index contributed by atoms with van der Waals surface area (Å²) in [6.45, 7) is 1.83. The molecule has 7 N–H and O–H groups in total. The van der Waals surface area contributed by atoms with Gasteiger partial charge >= 0.3 is 5.97 Å². The summed E-state index contributed by atoms with van der Waals surface area (Å²) in [5.41, 5.74) is 6.12. The summed E-state index contributed by atoms with van der Waals surface area (Å²) >= 11 is 1.33. The summed E-state index contributed by atoms with van der Waals surface area (Å²) in [6.07, 6.45) is 0.758. The predicted molar refractivity (Wildman–Crippen MR) is 158 cm³/mol. The summed E-state index contributed by atoms with van der Waals surface area (Å²) in [7, 11) is -4.00. The predicted octanol–water partition coefficient (Wildman–Crippen LogP) is 1.46. The van der Waals surface area contributed by atoms with Gasteiger partial charge in [0, 0.05) is 30.7 Å². The number of nitrogens with two attached hydrogens (primary N) is 1. The van der Waals surface area contributed by atoms with Crippen molar-refractivity contribution >= 4 is 57.1 Å². The van der Waals surface area contributed by atoms with Crippen molar-refractivity contribution in [2.45, 2.75) is 61.4 Å². The van der Waals surface area contributed by atoms with Crippen LogP contribution in [0.2, 0.25) is 0 Å².